The number of halogens is 1. The van der Waals surface area contributed by atoms with E-state index >= 15 is 0 Å². The molecule has 0 saturated heterocycles. The van der Waals surface area contributed by atoms with E-state index in [2.05, 4.69) is 79.7 Å². The van der Waals surface area contributed by atoms with Crippen LogP contribution in [0.5, 0.6) is 5.75 Å². The third kappa shape index (κ3) is 4.26. The van der Waals surface area contributed by atoms with E-state index in [-0.39, 0.29) is 35.3 Å². The van der Waals surface area contributed by atoms with Crippen molar-refractivity contribution in [1.29, 1.82) is 0 Å². The Bertz CT molecular complexity index is 1110. The van der Waals surface area contributed by atoms with Crippen molar-refractivity contribution < 1.29 is 33.1 Å². The Kier molecular flexibility index (Phi) is 7.91. The van der Waals surface area contributed by atoms with E-state index in [4.69, 9.17) is 9.15 Å². The summed E-state index contributed by atoms with van der Waals surface area (Å²) in [6.45, 7) is 3.89. The SMILES string of the molecule is COc1cc(C(C)[P+](c2ccccc2)(c2ccccc2)c2ccccc2)oc(=O)c1C.[I-]. The van der Waals surface area contributed by atoms with Gasteiger partial charge in [-0.2, -0.15) is 0 Å². The van der Waals surface area contributed by atoms with Crippen molar-refractivity contribution in [2.45, 2.75) is 19.5 Å². The summed E-state index contributed by atoms with van der Waals surface area (Å²) in [6.07, 6.45) is 0. The summed E-state index contributed by atoms with van der Waals surface area (Å²) < 4.78 is 11.4. The average Bonchev–Trinajstić information content (AvgIpc) is 2.83. The minimum absolute atomic E-state index is 0. The van der Waals surface area contributed by atoms with Crippen LogP contribution >= 0.6 is 7.26 Å². The summed E-state index contributed by atoms with van der Waals surface area (Å²) >= 11 is 0. The van der Waals surface area contributed by atoms with Crippen LogP contribution in [0.3, 0.4) is 0 Å². The van der Waals surface area contributed by atoms with Crippen molar-refractivity contribution >= 4 is 23.2 Å². The zero-order valence-electron chi connectivity index (χ0n) is 18.4. The predicted octanol–water partition coefficient (Wildman–Crippen LogP) is 2.02. The Balaban J connectivity index is 0.00000289. The van der Waals surface area contributed by atoms with Crippen LogP contribution in [0.1, 0.15) is 23.9 Å². The molecule has 3 nitrogen and oxygen atoms in total. The minimum Gasteiger partial charge on any atom is -1.00 e. The lowest BCUT2D eigenvalue weighted by Crippen LogP contribution is -3.00. The molecule has 0 aliphatic rings. The molecule has 0 radical (unpaired) electrons. The fraction of sp³-hybridized carbons (Fsp3) is 0.148. The molecule has 0 fully saturated rings. The van der Waals surface area contributed by atoms with Gasteiger partial charge in [0.25, 0.3) is 0 Å². The van der Waals surface area contributed by atoms with Crippen LogP contribution < -0.4 is 50.3 Å². The first-order valence-electron chi connectivity index (χ1n) is 10.3. The highest BCUT2D eigenvalue weighted by atomic mass is 127. The molecule has 4 aromatic rings. The number of methoxy groups -OCH3 is 1. The van der Waals surface area contributed by atoms with Gasteiger partial charge >= 0.3 is 5.63 Å². The second-order valence-electron chi connectivity index (χ2n) is 7.53. The van der Waals surface area contributed by atoms with Crippen molar-refractivity contribution in [3.05, 3.63) is 119 Å². The van der Waals surface area contributed by atoms with Gasteiger partial charge in [0.2, 0.25) is 0 Å². The molecule has 1 atom stereocenters. The summed E-state index contributed by atoms with van der Waals surface area (Å²) in [5.74, 6) is 1.20. The lowest BCUT2D eigenvalue weighted by molar-refractivity contribution is -0.00000707. The molecule has 32 heavy (non-hydrogen) atoms. The second-order valence-corrected chi connectivity index (χ2v) is 11.3. The van der Waals surface area contributed by atoms with Gasteiger partial charge in [0.1, 0.15) is 34.6 Å². The smallest absolute Gasteiger partial charge is 0.342 e. The Morgan fingerprint density at radius 1 is 0.781 bits per heavy atom. The third-order valence-electron chi connectivity index (χ3n) is 5.86. The van der Waals surface area contributed by atoms with Gasteiger partial charge in [0.05, 0.1) is 12.7 Å². The average molecular weight is 556 g/mol. The van der Waals surface area contributed by atoms with E-state index in [1.54, 1.807) is 14.0 Å². The number of benzene rings is 3. The van der Waals surface area contributed by atoms with E-state index in [9.17, 15) is 4.79 Å². The summed E-state index contributed by atoms with van der Waals surface area (Å²) in [5.41, 5.74) is 0.0527. The fourth-order valence-corrected chi connectivity index (χ4v) is 8.94. The van der Waals surface area contributed by atoms with E-state index < -0.39 is 7.26 Å². The first-order chi connectivity index (χ1) is 15.1. The van der Waals surface area contributed by atoms with Gasteiger partial charge in [-0.1, -0.05) is 54.6 Å². The van der Waals surface area contributed by atoms with Gasteiger partial charge < -0.3 is 33.1 Å². The van der Waals surface area contributed by atoms with E-state index in [0.717, 1.165) is 0 Å². The number of hydrogen-bond acceptors (Lipinski definition) is 3. The van der Waals surface area contributed by atoms with Crippen molar-refractivity contribution in [2.24, 2.45) is 0 Å². The summed E-state index contributed by atoms with van der Waals surface area (Å²) in [7, 11) is -0.632. The largest absolute Gasteiger partial charge is 1.00 e. The maximum atomic E-state index is 12.6. The molecule has 1 heterocycles. The minimum atomic E-state index is -2.22. The molecular weight excluding hydrogens is 530 g/mol. The lowest BCUT2D eigenvalue weighted by Gasteiger charge is -2.32. The van der Waals surface area contributed by atoms with Gasteiger partial charge in [0, 0.05) is 6.07 Å². The Morgan fingerprint density at radius 3 is 1.56 bits per heavy atom. The van der Waals surface area contributed by atoms with Crippen LogP contribution in [0.4, 0.5) is 0 Å². The lowest BCUT2D eigenvalue weighted by atomic mass is 10.2. The molecule has 0 bridgehead atoms. The predicted molar refractivity (Wildman–Crippen MR) is 130 cm³/mol. The molecule has 1 aromatic heterocycles. The van der Waals surface area contributed by atoms with E-state index in [1.165, 1.54) is 15.9 Å². The Labute approximate surface area is 206 Å². The molecule has 3 aromatic carbocycles. The monoisotopic (exact) mass is 556 g/mol. The highest BCUT2D eigenvalue weighted by Gasteiger charge is 2.52. The molecule has 1 unspecified atom stereocenters. The normalized spacial score (nSPS) is 12.0. The Hall–Kier alpha value is -2.43. The first kappa shape index (κ1) is 24.2. The molecule has 0 amide bonds. The van der Waals surface area contributed by atoms with Crippen LogP contribution in [-0.2, 0) is 0 Å². The first-order valence-corrected chi connectivity index (χ1v) is 12.2. The van der Waals surface area contributed by atoms with Gasteiger partial charge in [0.15, 0.2) is 5.76 Å². The van der Waals surface area contributed by atoms with Crippen LogP contribution in [0.15, 0.2) is 106 Å². The molecule has 0 N–H and O–H groups in total. The quantitative estimate of drug-likeness (QED) is 0.270. The van der Waals surface area contributed by atoms with E-state index in [0.29, 0.717) is 17.1 Å². The van der Waals surface area contributed by atoms with Crippen molar-refractivity contribution in [3.8, 4) is 5.75 Å². The van der Waals surface area contributed by atoms with Gasteiger partial charge in [-0.05, 0) is 50.2 Å². The number of rotatable bonds is 6. The van der Waals surface area contributed by atoms with Crippen LogP contribution in [0.25, 0.3) is 0 Å². The van der Waals surface area contributed by atoms with Crippen molar-refractivity contribution in [2.75, 3.05) is 7.11 Å². The highest BCUT2D eigenvalue weighted by Crippen LogP contribution is 2.66. The molecule has 0 aliphatic heterocycles. The molecule has 4 rings (SSSR count). The summed E-state index contributed by atoms with van der Waals surface area (Å²) in [4.78, 5) is 12.6. The van der Waals surface area contributed by atoms with Gasteiger partial charge in [-0.3, -0.25) is 0 Å². The standard InChI is InChI=1S/C27H26O3P.HI/c1-20-25(29-3)19-26(30-27(20)28)21(2)31(22-13-7-4-8-14-22,23-15-9-5-10-16-23)24-17-11-6-12-18-24;/h4-19,21H,1-3H3;1H/q+1;/p-1. The van der Waals surface area contributed by atoms with Crippen LogP contribution in [-0.4, -0.2) is 7.11 Å². The molecule has 0 spiro atoms. The summed E-state index contributed by atoms with van der Waals surface area (Å²) in [6, 6.07) is 33.6. The maximum Gasteiger partial charge on any atom is 0.342 e. The maximum absolute atomic E-state index is 12.6. The molecule has 0 aliphatic carbocycles. The van der Waals surface area contributed by atoms with Crippen LogP contribution in [0, 0.1) is 6.92 Å². The topological polar surface area (TPSA) is 39.4 Å². The van der Waals surface area contributed by atoms with Gasteiger partial charge in [-0.15, -0.1) is 0 Å². The molecule has 0 saturated carbocycles. The Morgan fingerprint density at radius 2 is 1.19 bits per heavy atom. The van der Waals surface area contributed by atoms with Crippen molar-refractivity contribution in [1.82, 2.24) is 0 Å². The number of ether oxygens (including phenoxy) is 1. The van der Waals surface area contributed by atoms with Crippen molar-refractivity contribution in [3.63, 3.8) is 0 Å². The van der Waals surface area contributed by atoms with Gasteiger partial charge in [-0.25, -0.2) is 4.79 Å². The summed E-state index contributed by atoms with van der Waals surface area (Å²) in [5, 5.41) is 3.71. The van der Waals surface area contributed by atoms with Crippen LogP contribution in [0.2, 0.25) is 0 Å². The highest BCUT2D eigenvalue weighted by molar-refractivity contribution is 7.95. The fourth-order valence-electron chi connectivity index (χ4n) is 4.27. The number of hydrogen-bond donors (Lipinski definition) is 0. The zero-order valence-corrected chi connectivity index (χ0v) is 21.4. The zero-order chi connectivity index (χ0) is 21.8. The van der Waals surface area contributed by atoms with E-state index in [1.807, 2.05) is 24.3 Å². The molecular formula is C27H26IO3P. The molecule has 164 valence electrons. The second kappa shape index (κ2) is 10.5. The molecule has 5 heteroatoms. The third-order valence-corrected chi connectivity index (χ3v) is 10.6.